The van der Waals surface area contributed by atoms with Gasteiger partial charge in [0.05, 0.1) is 21.7 Å². The van der Waals surface area contributed by atoms with Gasteiger partial charge in [-0.15, -0.1) is 0 Å². The number of pyridine rings is 1. The second-order valence-electron chi connectivity index (χ2n) is 9.37. The molecule has 39 heavy (non-hydrogen) atoms. The first-order valence-electron chi connectivity index (χ1n) is 12.4. The quantitative estimate of drug-likeness (QED) is 0.235. The highest BCUT2D eigenvalue weighted by atomic mass is 32.2. The van der Waals surface area contributed by atoms with Crippen LogP contribution in [-0.2, 0) is 23.1 Å². The molecule has 0 bridgehead atoms. The molecule has 2 heterocycles. The number of anilines is 1. The first-order chi connectivity index (χ1) is 18.7. The molecule has 5 aromatic rings. The number of hydrogen-bond acceptors (Lipinski definition) is 6. The zero-order chi connectivity index (χ0) is 27.6. The maximum absolute atomic E-state index is 13.8. The standard InChI is InChI=1S/C30H28N4O3S2/c1-21-11-16-27-28(22(21)2)32-30(38-27)34(20-24-10-7-17-31-18-24)29(35)25-12-14-26(15-13-25)39(36,37)33(3)19-23-8-5-4-6-9-23/h4-18H,19-20H2,1-3H3. The van der Waals surface area contributed by atoms with Gasteiger partial charge in [-0.1, -0.05) is 53.8 Å². The molecule has 5 rings (SSSR count). The summed E-state index contributed by atoms with van der Waals surface area (Å²) in [5.74, 6) is -0.270. The van der Waals surface area contributed by atoms with Gasteiger partial charge in [0.25, 0.3) is 5.91 Å². The van der Waals surface area contributed by atoms with Crippen LogP contribution in [0.1, 0.15) is 32.6 Å². The molecule has 0 saturated heterocycles. The number of fused-ring (bicyclic) bond motifs is 1. The lowest BCUT2D eigenvalue weighted by atomic mass is 10.1. The summed E-state index contributed by atoms with van der Waals surface area (Å²) in [6, 6.07) is 23.3. The van der Waals surface area contributed by atoms with Gasteiger partial charge < -0.3 is 0 Å². The number of carbonyl (C=O) groups excluding carboxylic acids is 1. The van der Waals surface area contributed by atoms with E-state index in [1.54, 1.807) is 36.5 Å². The summed E-state index contributed by atoms with van der Waals surface area (Å²) in [6.07, 6.45) is 3.41. The minimum Gasteiger partial charge on any atom is -0.279 e. The van der Waals surface area contributed by atoms with Crippen LogP contribution < -0.4 is 4.90 Å². The highest BCUT2D eigenvalue weighted by Gasteiger charge is 2.25. The molecule has 0 spiro atoms. The maximum Gasteiger partial charge on any atom is 0.260 e. The van der Waals surface area contributed by atoms with E-state index in [9.17, 15) is 13.2 Å². The van der Waals surface area contributed by atoms with Gasteiger partial charge in [0.15, 0.2) is 5.13 Å². The van der Waals surface area contributed by atoms with Gasteiger partial charge in [0, 0.05) is 31.5 Å². The number of aryl methyl sites for hydroxylation is 2. The Bertz CT molecular complexity index is 1720. The molecule has 198 valence electrons. The van der Waals surface area contributed by atoms with Crippen LogP contribution in [0.4, 0.5) is 5.13 Å². The van der Waals surface area contributed by atoms with E-state index in [2.05, 4.69) is 11.1 Å². The Labute approximate surface area is 232 Å². The average molecular weight is 557 g/mol. The molecule has 9 heteroatoms. The Kier molecular flexibility index (Phi) is 7.56. The minimum absolute atomic E-state index is 0.127. The third-order valence-electron chi connectivity index (χ3n) is 6.67. The molecule has 0 aliphatic heterocycles. The SMILES string of the molecule is Cc1ccc2sc(N(Cc3cccnc3)C(=O)c3ccc(S(=O)(=O)N(C)Cc4ccccc4)cc3)nc2c1C. The van der Waals surface area contributed by atoms with Gasteiger partial charge in [0.1, 0.15) is 0 Å². The fourth-order valence-corrected chi connectivity index (χ4v) is 6.44. The van der Waals surface area contributed by atoms with Gasteiger partial charge in [-0.25, -0.2) is 13.4 Å². The van der Waals surface area contributed by atoms with E-state index in [-0.39, 0.29) is 23.9 Å². The van der Waals surface area contributed by atoms with Crippen LogP contribution in [0, 0.1) is 13.8 Å². The third kappa shape index (κ3) is 5.61. The molecule has 7 nitrogen and oxygen atoms in total. The second kappa shape index (κ2) is 11.1. The number of carbonyl (C=O) groups is 1. The summed E-state index contributed by atoms with van der Waals surface area (Å²) in [4.78, 5) is 24.6. The number of amides is 1. The largest absolute Gasteiger partial charge is 0.279 e. The topological polar surface area (TPSA) is 83.5 Å². The minimum atomic E-state index is -3.74. The summed E-state index contributed by atoms with van der Waals surface area (Å²) >= 11 is 1.45. The first-order valence-corrected chi connectivity index (χ1v) is 14.7. The van der Waals surface area contributed by atoms with Crippen molar-refractivity contribution in [3.05, 3.63) is 119 Å². The molecule has 0 N–H and O–H groups in total. The van der Waals surface area contributed by atoms with Crippen LogP contribution in [0.15, 0.2) is 96.2 Å². The highest BCUT2D eigenvalue weighted by molar-refractivity contribution is 7.89. The average Bonchev–Trinajstić information content (AvgIpc) is 3.39. The summed E-state index contributed by atoms with van der Waals surface area (Å²) in [7, 11) is -2.19. The van der Waals surface area contributed by atoms with E-state index >= 15 is 0 Å². The molecule has 0 atom stereocenters. The fraction of sp³-hybridized carbons (Fsp3) is 0.167. The predicted octanol–water partition coefficient (Wildman–Crippen LogP) is 5.98. The Morgan fingerprint density at radius 1 is 0.872 bits per heavy atom. The fourth-order valence-electron chi connectivity index (χ4n) is 4.26. The van der Waals surface area contributed by atoms with E-state index in [4.69, 9.17) is 4.98 Å². The molecule has 2 aromatic heterocycles. The Morgan fingerprint density at radius 2 is 1.59 bits per heavy atom. The Hall–Kier alpha value is -3.92. The van der Waals surface area contributed by atoms with Crippen molar-refractivity contribution in [2.24, 2.45) is 0 Å². The van der Waals surface area contributed by atoms with Crippen molar-refractivity contribution in [1.29, 1.82) is 0 Å². The number of sulfonamides is 1. The van der Waals surface area contributed by atoms with E-state index in [0.717, 1.165) is 32.5 Å². The van der Waals surface area contributed by atoms with Gasteiger partial charge in [-0.2, -0.15) is 4.31 Å². The van der Waals surface area contributed by atoms with Crippen LogP contribution >= 0.6 is 11.3 Å². The summed E-state index contributed by atoms with van der Waals surface area (Å²) in [5.41, 5.74) is 5.22. The number of thiazole rings is 1. The van der Waals surface area contributed by atoms with E-state index in [1.807, 2.05) is 62.4 Å². The molecule has 1 amide bonds. The van der Waals surface area contributed by atoms with Gasteiger partial charge in [-0.3, -0.25) is 14.7 Å². The van der Waals surface area contributed by atoms with Crippen molar-refractivity contribution in [2.45, 2.75) is 31.8 Å². The van der Waals surface area contributed by atoms with Gasteiger partial charge in [0.2, 0.25) is 10.0 Å². The molecule has 0 aliphatic carbocycles. The van der Waals surface area contributed by atoms with E-state index < -0.39 is 10.0 Å². The van der Waals surface area contributed by atoms with Crippen molar-refractivity contribution < 1.29 is 13.2 Å². The zero-order valence-electron chi connectivity index (χ0n) is 21.9. The molecule has 3 aromatic carbocycles. The van der Waals surface area contributed by atoms with Crippen LogP contribution in [0.3, 0.4) is 0 Å². The smallest absolute Gasteiger partial charge is 0.260 e. The third-order valence-corrected chi connectivity index (χ3v) is 9.53. The Balaban J connectivity index is 1.45. The summed E-state index contributed by atoms with van der Waals surface area (Å²) in [5, 5.41) is 0.576. The van der Waals surface area contributed by atoms with Crippen molar-refractivity contribution in [1.82, 2.24) is 14.3 Å². The predicted molar refractivity (Wildman–Crippen MR) is 155 cm³/mol. The highest BCUT2D eigenvalue weighted by Crippen LogP contribution is 2.33. The molecule has 0 saturated carbocycles. The molecule has 0 unspecified atom stereocenters. The zero-order valence-corrected chi connectivity index (χ0v) is 23.5. The van der Waals surface area contributed by atoms with Crippen LogP contribution in [0.5, 0.6) is 0 Å². The summed E-state index contributed by atoms with van der Waals surface area (Å²) in [6.45, 7) is 4.60. The number of benzene rings is 3. The van der Waals surface area contributed by atoms with Crippen molar-refractivity contribution in [3.8, 4) is 0 Å². The lowest BCUT2D eigenvalue weighted by Gasteiger charge is -2.21. The number of rotatable bonds is 8. The van der Waals surface area contributed by atoms with Crippen molar-refractivity contribution >= 4 is 42.6 Å². The van der Waals surface area contributed by atoms with Crippen molar-refractivity contribution in [2.75, 3.05) is 11.9 Å². The van der Waals surface area contributed by atoms with Gasteiger partial charge >= 0.3 is 0 Å². The normalized spacial score (nSPS) is 11.7. The first kappa shape index (κ1) is 26.7. The second-order valence-corrected chi connectivity index (χ2v) is 12.4. The molecule has 0 aliphatic rings. The Morgan fingerprint density at radius 3 is 2.28 bits per heavy atom. The lowest BCUT2D eigenvalue weighted by Crippen LogP contribution is -2.30. The van der Waals surface area contributed by atoms with E-state index in [0.29, 0.717) is 10.7 Å². The molecule has 0 fully saturated rings. The molecular formula is C30H28N4O3S2. The molecule has 0 radical (unpaired) electrons. The van der Waals surface area contributed by atoms with Crippen LogP contribution in [0.2, 0.25) is 0 Å². The number of nitrogens with zero attached hydrogens (tertiary/aromatic N) is 4. The number of hydrogen-bond donors (Lipinski definition) is 0. The van der Waals surface area contributed by atoms with Crippen LogP contribution in [-0.4, -0.2) is 35.6 Å². The maximum atomic E-state index is 13.8. The van der Waals surface area contributed by atoms with Crippen molar-refractivity contribution in [3.63, 3.8) is 0 Å². The van der Waals surface area contributed by atoms with E-state index in [1.165, 1.54) is 27.8 Å². The monoisotopic (exact) mass is 556 g/mol. The lowest BCUT2D eigenvalue weighted by molar-refractivity contribution is 0.0985. The molecular weight excluding hydrogens is 528 g/mol. The van der Waals surface area contributed by atoms with Crippen LogP contribution in [0.25, 0.3) is 10.2 Å². The summed E-state index contributed by atoms with van der Waals surface area (Å²) < 4.78 is 28.7. The number of aromatic nitrogens is 2. The van der Waals surface area contributed by atoms with Gasteiger partial charge in [-0.05, 0) is 72.5 Å².